The third kappa shape index (κ3) is 3.35. The molecule has 0 radical (unpaired) electrons. The van der Waals surface area contributed by atoms with E-state index >= 15 is 0 Å². The molecule has 3 fully saturated rings. The van der Waals surface area contributed by atoms with E-state index in [0.29, 0.717) is 23.6 Å². The summed E-state index contributed by atoms with van der Waals surface area (Å²) in [6.07, 6.45) is 15.5. The summed E-state index contributed by atoms with van der Waals surface area (Å²) in [5, 5.41) is 10.1. The van der Waals surface area contributed by atoms with E-state index in [2.05, 4.69) is 34.7 Å². The van der Waals surface area contributed by atoms with Gasteiger partial charge in [0.25, 0.3) is 0 Å². The number of rotatable bonds is 8. The van der Waals surface area contributed by atoms with Crippen LogP contribution < -0.4 is 21.7 Å². The maximum atomic E-state index is 6.59. The fraction of sp³-hybridized carbons (Fsp3) is 0.913. The molecule has 29 heavy (non-hydrogen) atoms. The normalized spacial score (nSPS) is 35.6. The van der Waals surface area contributed by atoms with Crippen LogP contribution in [0.25, 0.3) is 0 Å². The van der Waals surface area contributed by atoms with E-state index in [1.165, 1.54) is 64.2 Å². The number of hydrogen-bond acceptors (Lipinski definition) is 6. The van der Waals surface area contributed by atoms with Crippen LogP contribution in [0.1, 0.15) is 84.5 Å². The zero-order valence-electron chi connectivity index (χ0n) is 18.4. The van der Waals surface area contributed by atoms with Crippen LogP contribution in [0, 0.1) is 16.7 Å². The van der Waals surface area contributed by atoms with Gasteiger partial charge in [0.2, 0.25) is 0 Å². The lowest BCUT2D eigenvalue weighted by Gasteiger charge is -2.47. The number of nitrogens with zero attached hydrogens (tertiary/aromatic N) is 1. The van der Waals surface area contributed by atoms with Gasteiger partial charge in [-0.2, -0.15) is 0 Å². The molecular formula is C23H41N5O. The maximum Gasteiger partial charge on any atom is 0.133 e. The van der Waals surface area contributed by atoms with Crippen molar-refractivity contribution in [3.63, 3.8) is 0 Å². The van der Waals surface area contributed by atoms with Crippen molar-refractivity contribution in [1.29, 1.82) is 0 Å². The number of nitrogens with two attached hydrogens (primary N) is 1. The van der Waals surface area contributed by atoms with Gasteiger partial charge in [0, 0.05) is 0 Å². The number of nitrogens with one attached hydrogen (secondary N) is 3. The fourth-order valence-corrected chi connectivity index (χ4v) is 6.92. The van der Waals surface area contributed by atoms with Gasteiger partial charge in [-0.05, 0) is 74.5 Å². The van der Waals surface area contributed by atoms with Crippen LogP contribution in [0.4, 0.5) is 0 Å². The predicted octanol–water partition coefficient (Wildman–Crippen LogP) is 3.13. The minimum absolute atomic E-state index is 0.107. The number of ether oxygens (including phenoxy) is 1. The van der Waals surface area contributed by atoms with E-state index in [-0.39, 0.29) is 12.4 Å². The van der Waals surface area contributed by atoms with Crippen molar-refractivity contribution >= 4 is 0 Å². The first-order valence-electron chi connectivity index (χ1n) is 12.2. The second-order valence-electron chi connectivity index (χ2n) is 10.5. The monoisotopic (exact) mass is 403 g/mol. The average molecular weight is 404 g/mol. The molecule has 4 atom stereocenters. The molecule has 0 aromatic rings. The highest BCUT2D eigenvalue weighted by Crippen LogP contribution is 2.70. The van der Waals surface area contributed by atoms with Crippen LogP contribution >= 0.6 is 0 Å². The highest BCUT2D eigenvalue weighted by Gasteiger charge is 2.60. The van der Waals surface area contributed by atoms with Gasteiger partial charge in [-0.1, -0.05) is 26.7 Å². The molecule has 2 saturated carbocycles. The first-order valence-corrected chi connectivity index (χ1v) is 12.2. The highest BCUT2D eigenvalue weighted by atomic mass is 16.5. The first kappa shape index (κ1) is 20.0. The predicted molar refractivity (Wildman–Crippen MR) is 115 cm³/mol. The van der Waals surface area contributed by atoms with Crippen LogP contribution in [0.2, 0.25) is 0 Å². The van der Waals surface area contributed by atoms with Crippen LogP contribution in [0.15, 0.2) is 11.5 Å². The van der Waals surface area contributed by atoms with Crippen LogP contribution in [-0.4, -0.2) is 36.7 Å². The zero-order valence-corrected chi connectivity index (χ0v) is 18.4. The summed E-state index contributed by atoms with van der Waals surface area (Å²) in [6, 6.07) is 0. The Balaban J connectivity index is 1.19. The highest BCUT2D eigenvalue weighted by molar-refractivity contribution is 5.22. The molecule has 3 aliphatic heterocycles. The summed E-state index contributed by atoms with van der Waals surface area (Å²) in [5.74, 6) is 2.16. The van der Waals surface area contributed by atoms with E-state index in [1.807, 2.05) is 0 Å². The van der Waals surface area contributed by atoms with Crippen molar-refractivity contribution in [2.24, 2.45) is 22.5 Å². The lowest BCUT2D eigenvalue weighted by atomic mass is 9.58. The molecule has 3 heterocycles. The summed E-state index contributed by atoms with van der Waals surface area (Å²) in [5.41, 5.74) is 8.45. The van der Waals surface area contributed by atoms with Crippen molar-refractivity contribution in [3.8, 4) is 0 Å². The SMILES string of the molecule is CCCC(C)(CC[C@@H]1CC[C@H](N2CNC3=C2NCNC3N)O1)C1(C2CCC2)CC1. The van der Waals surface area contributed by atoms with Crippen molar-refractivity contribution < 1.29 is 4.74 Å². The molecule has 2 aliphatic carbocycles. The summed E-state index contributed by atoms with van der Waals surface area (Å²) in [4.78, 5) is 2.35. The molecule has 0 bridgehead atoms. The first-order chi connectivity index (χ1) is 14.1. The van der Waals surface area contributed by atoms with E-state index in [9.17, 15) is 0 Å². The lowest BCUT2D eigenvalue weighted by Crippen LogP contribution is -2.52. The topological polar surface area (TPSA) is 74.6 Å². The van der Waals surface area contributed by atoms with E-state index in [4.69, 9.17) is 10.5 Å². The Kier molecular flexibility index (Phi) is 5.24. The molecule has 5 aliphatic rings. The Morgan fingerprint density at radius 2 is 2.00 bits per heavy atom. The summed E-state index contributed by atoms with van der Waals surface area (Å²) in [6.45, 7) is 6.51. The molecule has 6 nitrogen and oxygen atoms in total. The molecule has 2 unspecified atom stereocenters. The standard InChI is InChI=1S/C23H41N5O/c1-3-10-22(2,23(12-13-23)16-5-4-6-16)11-9-17-7-8-18(29-17)28-15-27-19-20(24)25-14-26-21(19)28/h16-18,20,25-27H,3-15,24H2,1-2H3/t17-,18+,20?,22?/m0/s1. The van der Waals surface area contributed by atoms with Gasteiger partial charge in [0.15, 0.2) is 0 Å². The van der Waals surface area contributed by atoms with E-state index < -0.39 is 0 Å². The third-order valence-corrected chi connectivity index (χ3v) is 9.00. The molecule has 0 spiro atoms. The van der Waals surface area contributed by atoms with Gasteiger partial charge in [-0.3, -0.25) is 5.32 Å². The van der Waals surface area contributed by atoms with Crippen molar-refractivity contribution in [2.45, 2.75) is 103 Å². The fourth-order valence-electron chi connectivity index (χ4n) is 6.92. The largest absolute Gasteiger partial charge is 0.366 e. The average Bonchev–Trinajstić information content (AvgIpc) is 3.13. The van der Waals surface area contributed by atoms with Gasteiger partial charge in [0.1, 0.15) is 18.2 Å². The molecule has 164 valence electrons. The Hall–Kier alpha value is -0.980. The molecule has 5 rings (SSSR count). The molecule has 5 N–H and O–H groups in total. The molecule has 0 amide bonds. The van der Waals surface area contributed by atoms with Crippen molar-refractivity contribution in [2.75, 3.05) is 13.3 Å². The molecule has 0 aromatic carbocycles. The maximum absolute atomic E-state index is 6.59. The minimum atomic E-state index is -0.107. The van der Waals surface area contributed by atoms with Gasteiger partial charge in [-0.25, -0.2) is 0 Å². The van der Waals surface area contributed by atoms with Crippen molar-refractivity contribution in [3.05, 3.63) is 11.5 Å². The van der Waals surface area contributed by atoms with Gasteiger partial charge in [0.05, 0.1) is 25.1 Å². The number of hydrogen-bond donors (Lipinski definition) is 4. The van der Waals surface area contributed by atoms with Gasteiger partial charge < -0.3 is 26.0 Å². The molecule has 6 heteroatoms. The Labute approximate surface area is 176 Å². The second-order valence-corrected chi connectivity index (χ2v) is 10.5. The van der Waals surface area contributed by atoms with Gasteiger partial charge in [-0.15, -0.1) is 0 Å². The smallest absolute Gasteiger partial charge is 0.133 e. The summed E-state index contributed by atoms with van der Waals surface area (Å²) < 4.78 is 6.59. The Morgan fingerprint density at radius 1 is 1.17 bits per heavy atom. The second kappa shape index (κ2) is 7.61. The summed E-state index contributed by atoms with van der Waals surface area (Å²) in [7, 11) is 0. The Morgan fingerprint density at radius 3 is 2.69 bits per heavy atom. The minimum Gasteiger partial charge on any atom is -0.366 e. The van der Waals surface area contributed by atoms with Crippen LogP contribution in [-0.2, 0) is 4.74 Å². The third-order valence-electron chi connectivity index (χ3n) is 9.00. The van der Waals surface area contributed by atoms with Crippen LogP contribution in [0.3, 0.4) is 0 Å². The summed E-state index contributed by atoms with van der Waals surface area (Å²) >= 11 is 0. The van der Waals surface area contributed by atoms with Crippen LogP contribution in [0.5, 0.6) is 0 Å². The molecular weight excluding hydrogens is 362 g/mol. The lowest BCUT2D eigenvalue weighted by molar-refractivity contribution is -0.0510. The molecule has 1 saturated heterocycles. The Bertz CT molecular complexity index is 643. The van der Waals surface area contributed by atoms with E-state index in [1.54, 1.807) is 0 Å². The quantitative estimate of drug-likeness (QED) is 0.499. The van der Waals surface area contributed by atoms with E-state index in [0.717, 1.165) is 30.5 Å². The zero-order chi connectivity index (χ0) is 20.1. The van der Waals surface area contributed by atoms with Gasteiger partial charge >= 0.3 is 0 Å². The molecule has 0 aromatic heterocycles. The van der Waals surface area contributed by atoms with Crippen molar-refractivity contribution in [1.82, 2.24) is 20.9 Å².